The summed E-state index contributed by atoms with van der Waals surface area (Å²) in [5, 5.41) is 3.24. The fourth-order valence-electron chi connectivity index (χ4n) is 3.48. The van der Waals surface area contributed by atoms with Crippen LogP contribution in [0.15, 0.2) is 80.5 Å². The number of nitrogens with two attached hydrogens (primary N) is 2. The molecule has 2 rings (SSSR count). The SMILES string of the molecule is C=C.C=CNCCC(CCCC(N)Cc1ccc(C)cc1)Cc1ccccc1.CN. The molecule has 0 bridgehead atoms. The van der Waals surface area contributed by atoms with E-state index in [4.69, 9.17) is 5.73 Å². The molecule has 0 radical (unpaired) electrons. The second-order valence-corrected chi connectivity index (χ2v) is 7.38. The molecule has 5 N–H and O–H groups in total. The second-order valence-electron chi connectivity index (χ2n) is 7.38. The van der Waals surface area contributed by atoms with Crippen molar-refractivity contribution in [2.75, 3.05) is 13.6 Å². The average molecular weight is 410 g/mol. The Morgan fingerprint density at radius 2 is 1.47 bits per heavy atom. The molecular formula is C27H43N3. The van der Waals surface area contributed by atoms with Crippen molar-refractivity contribution in [1.82, 2.24) is 5.32 Å². The average Bonchev–Trinajstić information content (AvgIpc) is 2.79. The Kier molecular flexibility index (Phi) is 17.2. The number of aryl methyl sites for hydroxylation is 1. The molecule has 0 aromatic heterocycles. The Hall–Kier alpha value is -2.36. The number of benzene rings is 2. The molecule has 0 heterocycles. The van der Waals surface area contributed by atoms with E-state index in [0.29, 0.717) is 5.92 Å². The normalized spacial score (nSPS) is 11.7. The lowest BCUT2D eigenvalue weighted by Crippen LogP contribution is -2.23. The lowest BCUT2D eigenvalue weighted by molar-refractivity contribution is 0.412. The van der Waals surface area contributed by atoms with E-state index >= 15 is 0 Å². The van der Waals surface area contributed by atoms with E-state index < -0.39 is 0 Å². The van der Waals surface area contributed by atoms with Gasteiger partial charge in [0.1, 0.15) is 0 Å². The molecule has 2 aromatic carbocycles. The van der Waals surface area contributed by atoms with Crippen LogP contribution in [0.5, 0.6) is 0 Å². The van der Waals surface area contributed by atoms with Gasteiger partial charge in [-0.3, -0.25) is 0 Å². The minimum absolute atomic E-state index is 0.251. The molecule has 2 atom stereocenters. The molecule has 0 fully saturated rings. The van der Waals surface area contributed by atoms with Crippen molar-refractivity contribution in [2.45, 2.75) is 51.5 Å². The summed E-state index contributed by atoms with van der Waals surface area (Å²) in [5.74, 6) is 0.691. The number of hydrogen-bond donors (Lipinski definition) is 3. The van der Waals surface area contributed by atoms with Gasteiger partial charge in [-0.15, -0.1) is 13.2 Å². The van der Waals surface area contributed by atoms with Gasteiger partial charge in [0, 0.05) is 12.6 Å². The largest absolute Gasteiger partial charge is 0.391 e. The lowest BCUT2D eigenvalue weighted by atomic mass is 9.90. The highest BCUT2D eigenvalue weighted by molar-refractivity contribution is 5.22. The number of rotatable bonds is 12. The first kappa shape index (κ1) is 27.6. The topological polar surface area (TPSA) is 64.1 Å². The summed E-state index contributed by atoms with van der Waals surface area (Å²) in [4.78, 5) is 0. The summed E-state index contributed by atoms with van der Waals surface area (Å²) >= 11 is 0. The van der Waals surface area contributed by atoms with Crippen LogP contribution in [0.3, 0.4) is 0 Å². The van der Waals surface area contributed by atoms with E-state index in [1.54, 1.807) is 6.20 Å². The van der Waals surface area contributed by atoms with Gasteiger partial charge in [0.2, 0.25) is 0 Å². The van der Waals surface area contributed by atoms with Gasteiger partial charge in [-0.05, 0) is 62.9 Å². The monoisotopic (exact) mass is 409 g/mol. The third-order valence-corrected chi connectivity index (χ3v) is 5.01. The van der Waals surface area contributed by atoms with Crippen LogP contribution in [0.25, 0.3) is 0 Å². The van der Waals surface area contributed by atoms with Crippen LogP contribution in [0, 0.1) is 12.8 Å². The molecule has 30 heavy (non-hydrogen) atoms. The van der Waals surface area contributed by atoms with Crippen molar-refractivity contribution < 1.29 is 0 Å². The maximum absolute atomic E-state index is 6.38. The second kappa shape index (κ2) is 18.7. The predicted molar refractivity (Wildman–Crippen MR) is 135 cm³/mol. The summed E-state index contributed by atoms with van der Waals surface area (Å²) in [5.41, 5.74) is 15.0. The van der Waals surface area contributed by atoms with Gasteiger partial charge in [-0.2, -0.15) is 0 Å². The van der Waals surface area contributed by atoms with Gasteiger partial charge < -0.3 is 16.8 Å². The van der Waals surface area contributed by atoms with E-state index in [2.05, 4.69) is 92.3 Å². The van der Waals surface area contributed by atoms with Crippen molar-refractivity contribution >= 4 is 0 Å². The van der Waals surface area contributed by atoms with Gasteiger partial charge >= 0.3 is 0 Å². The maximum atomic E-state index is 6.38. The fraction of sp³-hybridized carbons (Fsp3) is 0.407. The molecule has 3 heteroatoms. The highest BCUT2D eigenvalue weighted by Gasteiger charge is 2.11. The molecule has 2 aromatic rings. The van der Waals surface area contributed by atoms with E-state index in [0.717, 1.165) is 25.8 Å². The minimum Gasteiger partial charge on any atom is -0.391 e. The standard InChI is InChI=1S/C24H34N2.C2H4.CH5N/c1-3-26-17-16-22(18-21-8-5-4-6-9-21)10-7-11-24(25)19-23-14-12-20(2)13-15-23;2*1-2/h3-6,8-9,12-15,22,24,26H,1,7,10-11,16-19,25H2,2H3;1-2H2;2H2,1H3. The van der Waals surface area contributed by atoms with E-state index in [9.17, 15) is 0 Å². The van der Waals surface area contributed by atoms with Crippen LogP contribution in [0.2, 0.25) is 0 Å². The molecule has 0 saturated carbocycles. The molecule has 166 valence electrons. The third kappa shape index (κ3) is 13.0. The summed E-state index contributed by atoms with van der Waals surface area (Å²) < 4.78 is 0. The van der Waals surface area contributed by atoms with Crippen molar-refractivity contribution in [3.63, 3.8) is 0 Å². The Labute approximate surface area is 185 Å². The van der Waals surface area contributed by atoms with Crippen LogP contribution in [-0.2, 0) is 12.8 Å². The molecular weight excluding hydrogens is 366 g/mol. The van der Waals surface area contributed by atoms with Gasteiger partial charge in [-0.25, -0.2) is 0 Å². The van der Waals surface area contributed by atoms with E-state index in [1.807, 2.05) is 0 Å². The number of nitrogens with one attached hydrogen (secondary N) is 1. The Balaban J connectivity index is 0.00000198. The van der Waals surface area contributed by atoms with Crippen molar-refractivity contribution in [1.29, 1.82) is 0 Å². The molecule has 0 aliphatic carbocycles. The summed E-state index contributed by atoms with van der Waals surface area (Å²) in [6.07, 6.45) is 8.60. The summed E-state index contributed by atoms with van der Waals surface area (Å²) in [7, 11) is 1.50. The fourth-order valence-corrected chi connectivity index (χ4v) is 3.48. The van der Waals surface area contributed by atoms with Crippen molar-refractivity contribution in [3.05, 3.63) is 97.2 Å². The van der Waals surface area contributed by atoms with Crippen molar-refractivity contribution in [3.8, 4) is 0 Å². The molecule has 3 nitrogen and oxygen atoms in total. The lowest BCUT2D eigenvalue weighted by Gasteiger charge is -2.19. The van der Waals surface area contributed by atoms with Crippen LogP contribution in [-0.4, -0.2) is 19.6 Å². The molecule has 2 unspecified atom stereocenters. The van der Waals surface area contributed by atoms with Gasteiger partial charge in [-0.1, -0.05) is 79.6 Å². The Bertz CT molecular complexity index is 637. The van der Waals surface area contributed by atoms with Crippen LogP contribution in [0.1, 0.15) is 42.4 Å². The van der Waals surface area contributed by atoms with Crippen LogP contribution >= 0.6 is 0 Å². The van der Waals surface area contributed by atoms with E-state index in [-0.39, 0.29) is 6.04 Å². The summed E-state index contributed by atoms with van der Waals surface area (Å²) in [6.45, 7) is 12.9. The molecule has 0 aliphatic heterocycles. The van der Waals surface area contributed by atoms with Gasteiger partial charge in [0.15, 0.2) is 0 Å². The minimum atomic E-state index is 0.251. The molecule has 0 saturated heterocycles. The van der Waals surface area contributed by atoms with Crippen LogP contribution < -0.4 is 16.8 Å². The zero-order valence-corrected chi connectivity index (χ0v) is 19.2. The maximum Gasteiger partial charge on any atom is 0.0144 e. The first-order chi connectivity index (χ1) is 14.7. The number of hydrogen-bond acceptors (Lipinski definition) is 3. The third-order valence-electron chi connectivity index (χ3n) is 5.01. The van der Waals surface area contributed by atoms with Gasteiger partial charge in [0.25, 0.3) is 0 Å². The van der Waals surface area contributed by atoms with Crippen LogP contribution in [0.4, 0.5) is 0 Å². The molecule has 0 aliphatic rings. The van der Waals surface area contributed by atoms with Crippen molar-refractivity contribution in [2.24, 2.45) is 17.4 Å². The highest BCUT2D eigenvalue weighted by Crippen LogP contribution is 2.19. The zero-order chi connectivity index (χ0) is 22.6. The summed E-state index contributed by atoms with van der Waals surface area (Å²) in [6, 6.07) is 19.8. The van der Waals surface area contributed by atoms with Gasteiger partial charge in [0.05, 0.1) is 0 Å². The zero-order valence-electron chi connectivity index (χ0n) is 19.2. The first-order valence-corrected chi connectivity index (χ1v) is 10.9. The highest BCUT2D eigenvalue weighted by atomic mass is 14.8. The predicted octanol–water partition coefficient (Wildman–Crippen LogP) is 5.39. The molecule has 0 spiro atoms. The van der Waals surface area contributed by atoms with E-state index in [1.165, 1.54) is 43.0 Å². The quantitative estimate of drug-likeness (QED) is 0.325. The molecule has 0 amide bonds. The first-order valence-electron chi connectivity index (χ1n) is 10.9. The Morgan fingerprint density at radius 1 is 0.867 bits per heavy atom. The smallest absolute Gasteiger partial charge is 0.0144 e. The Morgan fingerprint density at radius 3 is 2.07 bits per heavy atom.